The molecule has 0 radical (unpaired) electrons. The van der Waals surface area contributed by atoms with Crippen LogP contribution in [0.1, 0.15) is 18.5 Å². The van der Waals surface area contributed by atoms with E-state index in [9.17, 15) is 4.79 Å². The molecule has 0 spiro atoms. The Morgan fingerprint density at radius 3 is 2.29 bits per heavy atom. The van der Waals surface area contributed by atoms with E-state index in [1.165, 1.54) is 0 Å². The molecule has 9 heteroatoms. The van der Waals surface area contributed by atoms with E-state index in [4.69, 9.17) is 24.3 Å². The molecule has 1 amide bonds. The zero-order valence-corrected chi connectivity index (χ0v) is 23.1. The molecule has 9 nitrogen and oxygen atoms in total. The number of ether oxygens (including phenoxy) is 3. The van der Waals surface area contributed by atoms with Gasteiger partial charge in [-0.3, -0.25) is 4.79 Å². The number of nitrogens with one attached hydrogen (secondary N) is 2. The number of hydrogen-bond acceptors (Lipinski definition) is 7. The van der Waals surface area contributed by atoms with Gasteiger partial charge in [0, 0.05) is 28.6 Å². The lowest BCUT2D eigenvalue weighted by molar-refractivity contribution is -0.113. The van der Waals surface area contributed by atoms with Gasteiger partial charge in [-0.2, -0.15) is 4.98 Å². The zero-order chi connectivity index (χ0) is 28.5. The summed E-state index contributed by atoms with van der Waals surface area (Å²) in [6, 6.07) is 26.4. The fourth-order valence-electron chi connectivity index (χ4n) is 5.25. The molecule has 0 saturated heterocycles. The molecule has 2 N–H and O–H groups in total. The lowest BCUT2D eigenvalue weighted by atomic mass is 9.93. The molecule has 0 saturated carbocycles. The first-order valence-electron chi connectivity index (χ1n) is 13.1. The van der Waals surface area contributed by atoms with Gasteiger partial charge in [-0.25, -0.2) is 4.68 Å². The molecule has 1 aliphatic heterocycles. The summed E-state index contributed by atoms with van der Waals surface area (Å²) in [5, 5.41) is 13.4. The highest BCUT2D eigenvalue weighted by molar-refractivity contribution is 6.06. The predicted molar refractivity (Wildman–Crippen MR) is 159 cm³/mol. The predicted octanol–water partition coefficient (Wildman–Crippen LogP) is 6.05. The molecule has 1 aromatic heterocycles. The van der Waals surface area contributed by atoms with Crippen molar-refractivity contribution in [2.24, 2.45) is 0 Å². The van der Waals surface area contributed by atoms with E-state index in [0.29, 0.717) is 51.5 Å². The van der Waals surface area contributed by atoms with Gasteiger partial charge in [-0.05, 0) is 35.9 Å². The molecular weight excluding hydrogens is 518 g/mol. The summed E-state index contributed by atoms with van der Waals surface area (Å²) in [5.74, 6) is 2.28. The molecule has 6 rings (SSSR count). The smallest absolute Gasteiger partial charge is 0.255 e. The second kappa shape index (κ2) is 10.7. The average molecular weight is 548 g/mol. The van der Waals surface area contributed by atoms with Crippen LogP contribution >= 0.6 is 0 Å². The SMILES string of the molecule is COc1cc(OC)c(C2C(C(=O)Nc3ccccc3)=C(C)Nc3nc(-c4cccc5ccccc45)nn32)cc1OC. The van der Waals surface area contributed by atoms with Crippen molar-refractivity contribution >= 4 is 28.3 Å². The van der Waals surface area contributed by atoms with E-state index in [2.05, 4.69) is 28.8 Å². The first-order chi connectivity index (χ1) is 20.0. The number of benzene rings is 4. The topological polar surface area (TPSA) is 99.5 Å². The van der Waals surface area contributed by atoms with Crippen LogP contribution in [0, 0.1) is 0 Å². The van der Waals surface area contributed by atoms with Gasteiger partial charge in [0.05, 0.1) is 26.9 Å². The van der Waals surface area contributed by atoms with Gasteiger partial charge in [-0.1, -0.05) is 60.7 Å². The summed E-state index contributed by atoms with van der Waals surface area (Å²) >= 11 is 0. The van der Waals surface area contributed by atoms with Crippen molar-refractivity contribution in [2.45, 2.75) is 13.0 Å². The highest BCUT2D eigenvalue weighted by Gasteiger charge is 2.37. The van der Waals surface area contributed by atoms with E-state index >= 15 is 0 Å². The molecule has 5 aromatic rings. The highest BCUT2D eigenvalue weighted by Crippen LogP contribution is 2.44. The van der Waals surface area contributed by atoms with E-state index in [1.54, 1.807) is 32.1 Å². The Morgan fingerprint density at radius 1 is 0.854 bits per heavy atom. The average Bonchev–Trinajstić information content (AvgIpc) is 3.43. The van der Waals surface area contributed by atoms with Crippen molar-refractivity contribution in [3.63, 3.8) is 0 Å². The molecule has 0 fully saturated rings. The van der Waals surface area contributed by atoms with Gasteiger partial charge in [0.15, 0.2) is 17.3 Å². The molecule has 2 heterocycles. The van der Waals surface area contributed by atoms with Crippen LogP contribution in [0.15, 0.2) is 96.2 Å². The van der Waals surface area contributed by atoms with E-state index < -0.39 is 6.04 Å². The molecule has 1 unspecified atom stereocenters. The number of hydrogen-bond donors (Lipinski definition) is 2. The molecule has 0 bridgehead atoms. The Bertz CT molecular complexity index is 1790. The summed E-state index contributed by atoms with van der Waals surface area (Å²) in [6.45, 7) is 1.86. The number of anilines is 2. The van der Waals surface area contributed by atoms with Crippen LogP contribution in [0.2, 0.25) is 0 Å². The van der Waals surface area contributed by atoms with Gasteiger partial charge in [0.25, 0.3) is 5.91 Å². The van der Waals surface area contributed by atoms with Crippen LogP contribution in [0.3, 0.4) is 0 Å². The van der Waals surface area contributed by atoms with Gasteiger partial charge in [0.1, 0.15) is 11.8 Å². The van der Waals surface area contributed by atoms with Crippen LogP contribution in [-0.4, -0.2) is 42.0 Å². The Hall–Kier alpha value is -5.31. The van der Waals surface area contributed by atoms with Crippen LogP contribution in [0.5, 0.6) is 17.2 Å². The fraction of sp³-hybridized carbons (Fsp3) is 0.156. The third-order valence-corrected chi connectivity index (χ3v) is 7.19. The number of methoxy groups -OCH3 is 3. The minimum atomic E-state index is -0.694. The standard InChI is InChI=1S/C32H29N5O4/c1-19-28(31(38)34-21-13-6-5-7-14-21)29(24-17-26(40-3)27(41-4)18-25(24)39-2)37-32(33-19)35-30(36-37)23-16-10-12-20-11-8-9-15-22(20)23/h5-18,29H,1-4H3,(H,34,38)(H,33,35,36). The minimum absolute atomic E-state index is 0.282. The zero-order valence-electron chi connectivity index (χ0n) is 23.1. The third kappa shape index (κ3) is 4.61. The van der Waals surface area contributed by atoms with Crippen LogP contribution in [-0.2, 0) is 4.79 Å². The van der Waals surface area contributed by atoms with Crippen molar-refractivity contribution in [3.05, 3.63) is 102 Å². The molecule has 0 aliphatic carbocycles. The Balaban J connectivity index is 1.55. The molecule has 41 heavy (non-hydrogen) atoms. The molecule has 1 atom stereocenters. The Kier molecular flexibility index (Phi) is 6.76. The van der Waals surface area contributed by atoms with E-state index in [0.717, 1.165) is 16.3 Å². The Morgan fingerprint density at radius 2 is 1.54 bits per heavy atom. The maximum Gasteiger partial charge on any atom is 0.255 e. The number of carbonyl (C=O) groups excluding carboxylic acids is 1. The van der Waals surface area contributed by atoms with Crippen LogP contribution < -0.4 is 24.8 Å². The van der Waals surface area contributed by atoms with Crippen LogP contribution in [0.4, 0.5) is 11.6 Å². The van der Waals surface area contributed by atoms with Crippen molar-refractivity contribution in [3.8, 4) is 28.6 Å². The summed E-state index contributed by atoms with van der Waals surface area (Å²) in [5.41, 5.74) is 3.33. The number of para-hydroxylation sites is 1. The second-order valence-electron chi connectivity index (χ2n) is 9.57. The maximum atomic E-state index is 13.9. The minimum Gasteiger partial charge on any atom is -0.496 e. The third-order valence-electron chi connectivity index (χ3n) is 7.19. The first kappa shape index (κ1) is 25.9. The lowest BCUT2D eigenvalue weighted by Crippen LogP contribution is -2.31. The summed E-state index contributed by atoms with van der Waals surface area (Å²) in [6.07, 6.45) is 0. The van der Waals surface area contributed by atoms with E-state index in [-0.39, 0.29) is 5.91 Å². The Labute approximate surface area is 237 Å². The van der Waals surface area contributed by atoms with Crippen molar-refractivity contribution < 1.29 is 19.0 Å². The molecule has 206 valence electrons. The molecular formula is C32H29N5O4. The monoisotopic (exact) mass is 547 g/mol. The summed E-state index contributed by atoms with van der Waals surface area (Å²) in [4.78, 5) is 18.8. The number of amides is 1. The van der Waals surface area contributed by atoms with Crippen molar-refractivity contribution in [2.75, 3.05) is 32.0 Å². The fourth-order valence-corrected chi connectivity index (χ4v) is 5.25. The lowest BCUT2D eigenvalue weighted by Gasteiger charge is -2.30. The quantitative estimate of drug-likeness (QED) is 0.256. The van der Waals surface area contributed by atoms with Gasteiger partial charge >= 0.3 is 0 Å². The number of allylic oxidation sites excluding steroid dienone is 1. The number of rotatable bonds is 7. The number of nitrogens with zero attached hydrogens (tertiary/aromatic N) is 3. The van der Waals surface area contributed by atoms with Gasteiger partial charge < -0.3 is 24.8 Å². The van der Waals surface area contributed by atoms with Gasteiger partial charge in [-0.15, -0.1) is 5.10 Å². The maximum absolute atomic E-state index is 13.9. The van der Waals surface area contributed by atoms with Gasteiger partial charge in [0.2, 0.25) is 5.95 Å². The highest BCUT2D eigenvalue weighted by atomic mass is 16.5. The first-order valence-corrected chi connectivity index (χ1v) is 13.1. The largest absolute Gasteiger partial charge is 0.496 e. The number of carbonyl (C=O) groups is 1. The molecule has 1 aliphatic rings. The van der Waals surface area contributed by atoms with Crippen LogP contribution in [0.25, 0.3) is 22.2 Å². The summed E-state index contributed by atoms with van der Waals surface area (Å²) in [7, 11) is 4.71. The summed E-state index contributed by atoms with van der Waals surface area (Å²) < 4.78 is 18.7. The number of fused-ring (bicyclic) bond motifs is 2. The van der Waals surface area contributed by atoms with Crippen molar-refractivity contribution in [1.29, 1.82) is 0 Å². The normalized spacial score (nSPS) is 14.3. The number of aromatic nitrogens is 3. The van der Waals surface area contributed by atoms with E-state index in [1.807, 2.05) is 67.6 Å². The molecule has 4 aromatic carbocycles. The second-order valence-corrected chi connectivity index (χ2v) is 9.57. The van der Waals surface area contributed by atoms with Crippen molar-refractivity contribution in [1.82, 2.24) is 14.8 Å².